The summed E-state index contributed by atoms with van der Waals surface area (Å²) in [5, 5.41) is 5.52. The number of amides is 3. The second-order valence-electron chi connectivity index (χ2n) is 3.83. The van der Waals surface area contributed by atoms with Crippen LogP contribution in [-0.4, -0.2) is 31.2 Å². The second kappa shape index (κ2) is 7.11. The number of anilines is 1. The Labute approximate surface area is 121 Å². The number of carbonyl (C=O) groups is 2. The van der Waals surface area contributed by atoms with Crippen molar-refractivity contribution in [2.24, 2.45) is 0 Å². The molecule has 1 aromatic carbocycles. The molecule has 0 heterocycles. The Bertz CT molecular complexity index is 537. The van der Waals surface area contributed by atoms with Crippen LogP contribution in [0.25, 0.3) is 0 Å². The van der Waals surface area contributed by atoms with E-state index >= 15 is 0 Å². The highest BCUT2D eigenvalue weighted by molar-refractivity contribution is 6.30. The zero-order chi connectivity index (χ0) is 16.0. The Kier molecular flexibility index (Phi) is 5.77. The first-order valence-electron chi connectivity index (χ1n) is 5.51. The van der Waals surface area contributed by atoms with E-state index in [0.29, 0.717) is 0 Å². The molecule has 0 unspecified atom stereocenters. The largest absolute Gasteiger partial charge is 0.405 e. The Hall–Kier alpha value is -2.03. The Balaban J connectivity index is 2.37. The molecule has 3 amide bonds. The minimum atomic E-state index is -4.57. The van der Waals surface area contributed by atoms with Gasteiger partial charge in [-0.3, -0.25) is 10.1 Å². The number of nitrogens with one attached hydrogen (secondary N) is 3. The number of alkyl halides is 3. The first-order valence-corrected chi connectivity index (χ1v) is 5.88. The number of carbonyl (C=O) groups excluding carboxylic acids is 2. The smallest absolute Gasteiger partial charge is 0.376 e. The molecule has 0 aliphatic rings. The molecule has 10 heteroatoms. The molecule has 0 aromatic heterocycles. The molecule has 0 atom stereocenters. The molecule has 116 valence electrons. The van der Waals surface area contributed by atoms with Crippen molar-refractivity contribution in [1.82, 2.24) is 10.6 Å². The van der Waals surface area contributed by atoms with E-state index in [1.54, 1.807) is 5.32 Å². The van der Waals surface area contributed by atoms with Crippen molar-refractivity contribution in [3.05, 3.63) is 29.0 Å². The Morgan fingerprint density at radius 3 is 2.48 bits per heavy atom. The highest BCUT2D eigenvalue weighted by Gasteiger charge is 2.27. The highest BCUT2D eigenvalue weighted by Crippen LogP contribution is 2.18. The third kappa shape index (κ3) is 6.80. The summed E-state index contributed by atoms with van der Waals surface area (Å²) < 4.78 is 48.5. The van der Waals surface area contributed by atoms with E-state index in [-0.39, 0.29) is 10.7 Å². The maximum Gasteiger partial charge on any atom is 0.405 e. The first-order chi connectivity index (χ1) is 9.67. The van der Waals surface area contributed by atoms with Gasteiger partial charge in [0.1, 0.15) is 12.4 Å². The number of rotatable bonds is 4. The van der Waals surface area contributed by atoms with Crippen LogP contribution in [0.5, 0.6) is 0 Å². The second-order valence-corrected chi connectivity index (χ2v) is 4.24. The van der Waals surface area contributed by atoms with Gasteiger partial charge in [0.05, 0.1) is 11.6 Å². The van der Waals surface area contributed by atoms with Crippen LogP contribution in [0.1, 0.15) is 0 Å². The molecule has 0 fully saturated rings. The average Bonchev–Trinajstić information content (AvgIpc) is 2.37. The van der Waals surface area contributed by atoms with Gasteiger partial charge in [-0.05, 0) is 18.2 Å². The minimum absolute atomic E-state index is 0.100. The van der Waals surface area contributed by atoms with E-state index in [1.165, 1.54) is 17.4 Å². The third-order valence-electron chi connectivity index (χ3n) is 2.08. The van der Waals surface area contributed by atoms with Gasteiger partial charge in [-0.15, -0.1) is 0 Å². The van der Waals surface area contributed by atoms with Crippen LogP contribution in [0.4, 0.5) is 28.0 Å². The summed E-state index contributed by atoms with van der Waals surface area (Å²) in [6, 6.07) is 2.40. The number of hydrogen-bond acceptors (Lipinski definition) is 3. The lowest BCUT2D eigenvalue weighted by Gasteiger charge is -2.10. The van der Waals surface area contributed by atoms with Crippen molar-refractivity contribution in [3.8, 4) is 0 Å². The van der Waals surface area contributed by atoms with Gasteiger partial charge < -0.3 is 10.6 Å². The molecular weight excluding hydrogens is 318 g/mol. The van der Waals surface area contributed by atoms with Gasteiger partial charge in [0.25, 0.3) is 0 Å². The molecule has 0 spiro atoms. The van der Waals surface area contributed by atoms with Crippen molar-refractivity contribution in [1.29, 1.82) is 0 Å². The van der Waals surface area contributed by atoms with E-state index in [0.717, 1.165) is 6.07 Å². The van der Waals surface area contributed by atoms with Gasteiger partial charge in [0, 0.05) is 5.69 Å². The fourth-order valence-electron chi connectivity index (χ4n) is 1.18. The number of imide groups is 1. The molecule has 1 rings (SSSR count). The van der Waals surface area contributed by atoms with Crippen LogP contribution in [0.3, 0.4) is 0 Å². The summed E-state index contributed by atoms with van der Waals surface area (Å²) in [4.78, 5) is 22.2. The van der Waals surface area contributed by atoms with E-state index in [9.17, 15) is 27.2 Å². The van der Waals surface area contributed by atoms with Crippen molar-refractivity contribution in [2.75, 3.05) is 18.4 Å². The summed E-state index contributed by atoms with van der Waals surface area (Å²) >= 11 is 5.46. The molecule has 1 aromatic rings. The molecule has 3 N–H and O–H groups in total. The summed E-state index contributed by atoms with van der Waals surface area (Å²) in [6.45, 7) is -1.98. The van der Waals surface area contributed by atoms with Gasteiger partial charge in [-0.1, -0.05) is 11.6 Å². The van der Waals surface area contributed by atoms with Gasteiger partial charge in [0.15, 0.2) is 0 Å². The number of benzene rings is 1. The molecule has 0 saturated heterocycles. The highest BCUT2D eigenvalue weighted by atomic mass is 35.5. The predicted molar refractivity (Wildman–Crippen MR) is 67.5 cm³/mol. The maximum atomic E-state index is 13.1. The van der Waals surface area contributed by atoms with E-state index in [1.807, 2.05) is 0 Å². The summed E-state index contributed by atoms with van der Waals surface area (Å²) in [7, 11) is 0. The van der Waals surface area contributed by atoms with E-state index in [2.05, 4.69) is 5.32 Å². The molecule has 5 nitrogen and oxygen atoms in total. The first kappa shape index (κ1) is 17.0. The predicted octanol–water partition coefficient (Wildman–Crippen LogP) is 2.28. The van der Waals surface area contributed by atoms with E-state index in [4.69, 9.17) is 11.6 Å². The zero-order valence-corrected chi connectivity index (χ0v) is 11.1. The number of urea groups is 1. The fourth-order valence-corrected chi connectivity index (χ4v) is 1.30. The van der Waals surface area contributed by atoms with Gasteiger partial charge in [0.2, 0.25) is 5.91 Å². The van der Waals surface area contributed by atoms with Crippen molar-refractivity contribution >= 4 is 29.2 Å². The quantitative estimate of drug-likeness (QED) is 0.743. The van der Waals surface area contributed by atoms with Crippen molar-refractivity contribution < 1.29 is 27.2 Å². The standard InChI is InChI=1S/C11H10ClF4N3O2/c12-7-2-1-6(3-8(7)13)17-4-9(20)19-10(21)18-5-11(14,15)16/h1-3,17H,4-5H2,(H2,18,19,20,21). The summed E-state index contributed by atoms with van der Waals surface area (Å²) in [6.07, 6.45) is -4.57. The lowest BCUT2D eigenvalue weighted by atomic mass is 10.3. The zero-order valence-electron chi connectivity index (χ0n) is 10.4. The topological polar surface area (TPSA) is 70.2 Å². The summed E-state index contributed by atoms with van der Waals surface area (Å²) in [5.41, 5.74) is 0.225. The van der Waals surface area contributed by atoms with Crippen molar-refractivity contribution in [2.45, 2.75) is 6.18 Å². The molecule has 0 aliphatic carbocycles. The van der Waals surface area contributed by atoms with Crippen LogP contribution in [0.2, 0.25) is 5.02 Å². The lowest BCUT2D eigenvalue weighted by molar-refractivity contribution is -0.124. The van der Waals surface area contributed by atoms with Crippen LogP contribution in [0, 0.1) is 5.82 Å². The molecule has 21 heavy (non-hydrogen) atoms. The normalized spacial score (nSPS) is 10.9. The molecule has 0 saturated carbocycles. The van der Waals surface area contributed by atoms with Crippen LogP contribution < -0.4 is 16.0 Å². The lowest BCUT2D eigenvalue weighted by Crippen LogP contribution is -2.45. The van der Waals surface area contributed by atoms with Crippen LogP contribution >= 0.6 is 11.6 Å². The molecule has 0 aliphatic heterocycles. The molecule has 0 radical (unpaired) electrons. The molecular formula is C11H10ClF4N3O2. The van der Waals surface area contributed by atoms with Crippen molar-refractivity contribution in [3.63, 3.8) is 0 Å². The monoisotopic (exact) mass is 327 g/mol. The van der Waals surface area contributed by atoms with Crippen LogP contribution in [-0.2, 0) is 4.79 Å². The minimum Gasteiger partial charge on any atom is -0.376 e. The maximum absolute atomic E-state index is 13.1. The SMILES string of the molecule is O=C(CNc1ccc(Cl)c(F)c1)NC(=O)NCC(F)(F)F. The van der Waals surface area contributed by atoms with Gasteiger partial charge >= 0.3 is 12.2 Å². The third-order valence-corrected chi connectivity index (χ3v) is 2.38. The Morgan fingerprint density at radius 1 is 1.24 bits per heavy atom. The summed E-state index contributed by atoms with van der Waals surface area (Å²) in [5.74, 6) is -1.59. The fraction of sp³-hybridized carbons (Fsp3) is 0.273. The Morgan fingerprint density at radius 2 is 1.90 bits per heavy atom. The van der Waals surface area contributed by atoms with Crippen LogP contribution in [0.15, 0.2) is 18.2 Å². The van der Waals surface area contributed by atoms with E-state index < -0.39 is 37.0 Å². The molecule has 0 bridgehead atoms. The number of hydrogen-bond donors (Lipinski definition) is 3. The van der Waals surface area contributed by atoms with Gasteiger partial charge in [-0.2, -0.15) is 13.2 Å². The van der Waals surface area contributed by atoms with Gasteiger partial charge in [-0.25, -0.2) is 9.18 Å². The average molecular weight is 328 g/mol. The number of halogens is 5.